The first-order chi connectivity index (χ1) is 29.5. The Bertz CT molecular complexity index is 3340. The molecule has 0 bridgehead atoms. The van der Waals surface area contributed by atoms with Crippen LogP contribution >= 0.6 is 0 Å². The molecular formula is C56H38N4. The van der Waals surface area contributed by atoms with E-state index < -0.39 is 0 Å². The van der Waals surface area contributed by atoms with Crippen LogP contribution in [0.2, 0.25) is 0 Å². The van der Waals surface area contributed by atoms with Gasteiger partial charge in [-0.15, -0.1) is 0 Å². The number of para-hydroxylation sites is 2. The van der Waals surface area contributed by atoms with Crippen LogP contribution < -0.4 is 0 Å². The topological polar surface area (TPSA) is 46.5 Å². The molecule has 0 amide bonds. The second-order valence-corrected chi connectivity index (χ2v) is 15.7. The molecule has 11 rings (SSSR count). The van der Waals surface area contributed by atoms with Crippen LogP contribution in [0.1, 0.15) is 16.7 Å². The van der Waals surface area contributed by atoms with Crippen LogP contribution in [0.25, 0.3) is 99.8 Å². The zero-order valence-corrected chi connectivity index (χ0v) is 33.3. The molecule has 11 aromatic rings. The molecule has 0 N–H and O–H groups in total. The van der Waals surface area contributed by atoms with E-state index in [0.717, 1.165) is 99.8 Å². The fraction of sp³-hybridized carbons (Fsp3) is 0.0357. The second kappa shape index (κ2) is 14.1. The van der Waals surface area contributed by atoms with Crippen LogP contribution in [0.15, 0.2) is 194 Å². The molecule has 0 spiro atoms. The molecule has 0 aliphatic heterocycles. The summed E-state index contributed by atoms with van der Waals surface area (Å²) < 4.78 is 4.59. The van der Waals surface area contributed by atoms with Crippen LogP contribution in [-0.2, 0) is 0 Å². The minimum absolute atomic E-state index is 0.574. The number of aryl methyl sites for hydroxylation is 2. The standard InChI is InChI=1S/C56H38N4/c1-36-13-10-17-39(29-36)41-25-27-46-44-19-6-8-23-51(44)59(53(46)31-41)55-33-43(50-22-12-21-49(58-50)38-15-4-3-5-16-38)34-56(48(55)35-57)60-52-24-9-7-20-45(52)47-28-26-42(32-54(47)60)40-18-11-14-37(2)30-40/h3-34H,1-2H3. The third-order valence-electron chi connectivity index (χ3n) is 11.9. The summed E-state index contributed by atoms with van der Waals surface area (Å²) in [5.41, 5.74) is 16.9. The number of pyridine rings is 1. The molecular weight excluding hydrogens is 729 g/mol. The van der Waals surface area contributed by atoms with E-state index in [0.29, 0.717) is 5.56 Å². The molecule has 0 aliphatic rings. The van der Waals surface area contributed by atoms with Gasteiger partial charge in [-0.2, -0.15) is 5.26 Å². The molecule has 4 nitrogen and oxygen atoms in total. The Morgan fingerprint density at radius 1 is 0.367 bits per heavy atom. The summed E-state index contributed by atoms with van der Waals surface area (Å²) in [5.74, 6) is 0. The molecule has 0 radical (unpaired) electrons. The first-order valence-electron chi connectivity index (χ1n) is 20.3. The van der Waals surface area contributed by atoms with Crippen molar-refractivity contribution in [2.75, 3.05) is 0 Å². The largest absolute Gasteiger partial charge is 0.308 e. The van der Waals surface area contributed by atoms with E-state index in [2.05, 4.69) is 205 Å². The van der Waals surface area contributed by atoms with Crippen molar-refractivity contribution in [1.82, 2.24) is 14.1 Å². The van der Waals surface area contributed by atoms with E-state index in [9.17, 15) is 5.26 Å². The Morgan fingerprint density at radius 3 is 1.32 bits per heavy atom. The van der Waals surface area contributed by atoms with Gasteiger partial charge in [0.1, 0.15) is 11.6 Å². The molecule has 0 saturated carbocycles. The van der Waals surface area contributed by atoms with Gasteiger partial charge in [-0.25, -0.2) is 4.98 Å². The number of benzene rings is 8. The minimum atomic E-state index is 0.574. The summed E-state index contributed by atoms with van der Waals surface area (Å²) in [4.78, 5) is 5.29. The van der Waals surface area contributed by atoms with E-state index in [-0.39, 0.29) is 0 Å². The number of nitriles is 1. The maximum Gasteiger partial charge on any atom is 0.104 e. The molecule has 0 unspecified atom stereocenters. The summed E-state index contributed by atoms with van der Waals surface area (Å²) >= 11 is 0. The van der Waals surface area contributed by atoms with E-state index in [1.165, 1.54) is 11.1 Å². The average Bonchev–Trinajstić information content (AvgIpc) is 3.81. The van der Waals surface area contributed by atoms with Gasteiger partial charge in [-0.3, -0.25) is 0 Å². The lowest BCUT2D eigenvalue weighted by Gasteiger charge is -2.19. The third kappa shape index (κ3) is 5.79. The molecule has 8 aromatic carbocycles. The van der Waals surface area contributed by atoms with Gasteiger partial charge in [0, 0.05) is 32.7 Å². The smallest absolute Gasteiger partial charge is 0.104 e. The monoisotopic (exact) mass is 766 g/mol. The Labute approximate surface area is 348 Å². The fourth-order valence-corrected chi connectivity index (χ4v) is 9.06. The highest BCUT2D eigenvalue weighted by Gasteiger charge is 2.23. The molecule has 4 heteroatoms. The Morgan fingerprint density at radius 2 is 0.800 bits per heavy atom. The molecule has 3 heterocycles. The van der Waals surface area contributed by atoms with E-state index in [4.69, 9.17) is 4.98 Å². The SMILES string of the molecule is Cc1cccc(-c2ccc3c4ccccc4n(-c4cc(-c5cccc(-c6ccccc6)n5)cc(-n5c6ccccc6c6ccc(-c7cccc(C)c7)cc65)c4C#N)c3c2)c1. The van der Waals surface area contributed by atoms with Crippen molar-refractivity contribution >= 4 is 43.6 Å². The maximum atomic E-state index is 11.6. The quantitative estimate of drug-likeness (QED) is 0.169. The summed E-state index contributed by atoms with van der Waals surface area (Å²) in [6.45, 7) is 4.26. The van der Waals surface area contributed by atoms with Crippen molar-refractivity contribution in [3.63, 3.8) is 0 Å². The molecule has 60 heavy (non-hydrogen) atoms. The van der Waals surface area contributed by atoms with Crippen molar-refractivity contribution in [3.05, 3.63) is 211 Å². The van der Waals surface area contributed by atoms with Gasteiger partial charge < -0.3 is 9.13 Å². The van der Waals surface area contributed by atoms with E-state index in [1.54, 1.807) is 0 Å². The van der Waals surface area contributed by atoms with Gasteiger partial charge in [-0.05, 0) is 84.6 Å². The summed E-state index contributed by atoms with van der Waals surface area (Å²) in [7, 11) is 0. The van der Waals surface area contributed by atoms with Gasteiger partial charge in [0.2, 0.25) is 0 Å². The molecule has 0 fully saturated rings. The van der Waals surface area contributed by atoms with Gasteiger partial charge in [0.25, 0.3) is 0 Å². The van der Waals surface area contributed by atoms with Crippen LogP contribution in [0.4, 0.5) is 0 Å². The molecule has 0 aliphatic carbocycles. The lowest BCUT2D eigenvalue weighted by molar-refractivity contribution is 1.12. The van der Waals surface area contributed by atoms with Gasteiger partial charge in [0.05, 0.1) is 44.8 Å². The molecule has 0 saturated heterocycles. The second-order valence-electron chi connectivity index (χ2n) is 15.7. The predicted octanol–water partition coefficient (Wildman–Crippen LogP) is 14.4. The Balaban J connectivity index is 1.26. The lowest BCUT2D eigenvalue weighted by Crippen LogP contribution is -2.05. The van der Waals surface area contributed by atoms with Crippen molar-refractivity contribution in [2.24, 2.45) is 0 Å². The summed E-state index contributed by atoms with van der Waals surface area (Å²) in [6.07, 6.45) is 0. The van der Waals surface area contributed by atoms with E-state index >= 15 is 0 Å². The molecule has 0 atom stereocenters. The lowest BCUT2D eigenvalue weighted by atomic mass is 10.0. The normalized spacial score (nSPS) is 11.5. The third-order valence-corrected chi connectivity index (χ3v) is 11.9. The Hall–Kier alpha value is -8.00. The average molecular weight is 767 g/mol. The van der Waals surface area contributed by atoms with Crippen LogP contribution in [0.3, 0.4) is 0 Å². The van der Waals surface area contributed by atoms with Crippen LogP contribution in [-0.4, -0.2) is 14.1 Å². The predicted molar refractivity (Wildman–Crippen MR) is 249 cm³/mol. The van der Waals surface area contributed by atoms with Gasteiger partial charge in [-0.1, -0.05) is 157 Å². The van der Waals surface area contributed by atoms with Crippen molar-refractivity contribution in [3.8, 4) is 62.2 Å². The number of hydrogen-bond acceptors (Lipinski definition) is 2. The Kier molecular flexibility index (Phi) is 8.28. The molecule has 282 valence electrons. The van der Waals surface area contributed by atoms with Gasteiger partial charge >= 0.3 is 0 Å². The number of nitrogens with zero attached hydrogens (tertiary/aromatic N) is 4. The summed E-state index contributed by atoms with van der Waals surface area (Å²) in [6, 6.07) is 71.4. The van der Waals surface area contributed by atoms with Crippen molar-refractivity contribution in [1.29, 1.82) is 5.26 Å². The highest BCUT2D eigenvalue weighted by Crippen LogP contribution is 2.42. The minimum Gasteiger partial charge on any atom is -0.308 e. The number of rotatable bonds is 6. The van der Waals surface area contributed by atoms with Crippen molar-refractivity contribution < 1.29 is 0 Å². The maximum absolute atomic E-state index is 11.6. The number of hydrogen-bond donors (Lipinski definition) is 0. The highest BCUT2D eigenvalue weighted by molar-refractivity contribution is 6.12. The molecule has 3 aromatic heterocycles. The summed E-state index contributed by atoms with van der Waals surface area (Å²) in [5, 5.41) is 16.1. The highest BCUT2D eigenvalue weighted by atomic mass is 15.0. The number of fused-ring (bicyclic) bond motifs is 6. The van der Waals surface area contributed by atoms with E-state index in [1.807, 2.05) is 18.2 Å². The fourth-order valence-electron chi connectivity index (χ4n) is 9.06. The first-order valence-corrected chi connectivity index (χ1v) is 20.3. The van der Waals surface area contributed by atoms with Crippen molar-refractivity contribution in [2.45, 2.75) is 13.8 Å². The number of aromatic nitrogens is 3. The van der Waals surface area contributed by atoms with Crippen LogP contribution in [0, 0.1) is 25.2 Å². The van der Waals surface area contributed by atoms with Gasteiger partial charge in [0.15, 0.2) is 0 Å². The zero-order valence-electron chi connectivity index (χ0n) is 33.3. The van der Waals surface area contributed by atoms with Crippen LogP contribution in [0.5, 0.6) is 0 Å². The first kappa shape index (κ1) is 35.2. The zero-order chi connectivity index (χ0) is 40.3.